The number of carbonyl (C=O) groups is 1. The Morgan fingerprint density at radius 3 is 1.68 bits per heavy atom. The second-order valence-corrected chi connectivity index (χ2v) is 14.4. The Labute approximate surface area is 288 Å². The molecular formula is C37H73O9P. The summed E-state index contributed by atoms with van der Waals surface area (Å²) in [6, 6.07) is 0. The lowest BCUT2D eigenvalue weighted by atomic mass is 10.0. The van der Waals surface area contributed by atoms with Crippen LogP contribution < -0.4 is 0 Å². The normalized spacial score (nSPS) is 14.4. The molecule has 3 N–H and O–H groups in total. The van der Waals surface area contributed by atoms with Crippen LogP contribution in [0.4, 0.5) is 0 Å². The Morgan fingerprint density at radius 1 is 0.638 bits per heavy atom. The summed E-state index contributed by atoms with van der Waals surface area (Å²) >= 11 is 0. The molecule has 47 heavy (non-hydrogen) atoms. The Hall–Kier alpha value is -0.800. The number of hydrogen-bond acceptors (Lipinski definition) is 8. The molecule has 0 aliphatic rings. The fourth-order valence-electron chi connectivity index (χ4n) is 5.24. The van der Waals surface area contributed by atoms with Gasteiger partial charge in [-0.15, -0.1) is 0 Å². The SMILES string of the molecule is CCC/C=C\CCCCCCCCOCC(COP(=O)(O)OCC(O)CO)OC(=O)CCCCCCCCCCCCCCCCC. The highest BCUT2D eigenvalue weighted by molar-refractivity contribution is 7.47. The third-order valence-corrected chi connectivity index (χ3v) is 9.13. The number of esters is 1. The van der Waals surface area contributed by atoms with E-state index in [4.69, 9.17) is 23.6 Å². The lowest BCUT2D eigenvalue weighted by molar-refractivity contribution is -0.154. The van der Waals surface area contributed by atoms with Gasteiger partial charge in [0.05, 0.1) is 26.4 Å². The van der Waals surface area contributed by atoms with Crippen molar-refractivity contribution < 1.29 is 43.0 Å². The number of hydrogen-bond donors (Lipinski definition) is 3. The van der Waals surface area contributed by atoms with Gasteiger partial charge in [0, 0.05) is 13.0 Å². The maximum atomic E-state index is 12.5. The monoisotopic (exact) mass is 692 g/mol. The molecule has 280 valence electrons. The summed E-state index contributed by atoms with van der Waals surface area (Å²) in [6.07, 6.45) is 31.7. The van der Waals surface area contributed by atoms with Gasteiger partial charge in [-0.3, -0.25) is 13.8 Å². The lowest BCUT2D eigenvalue weighted by Crippen LogP contribution is -2.29. The number of unbranched alkanes of at least 4 members (excludes halogenated alkanes) is 21. The van der Waals surface area contributed by atoms with Crippen molar-refractivity contribution in [2.24, 2.45) is 0 Å². The van der Waals surface area contributed by atoms with Gasteiger partial charge in [-0.25, -0.2) is 4.57 Å². The number of rotatable bonds is 37. The minimum Gasteiger partial charge on any atom is -0.457 e. The summed E-state index contributed by atoms with van der Waals surface area (Å²) in [4.78, 5) is 22.4. The molecule has 0 heterocycles. The first-order chi connectivity index (χ1) is 22.8. The molecule has 9 nitrogen and oxygen atoms in total. The molecule has 0 aromatic carbocycles. The molecule has 0 spiro atoms. The highest BCUT2D eigenvalue weighted by atomic mass is 31.2. The minimum atomic E-state index is -4.50. The molecule has 0 aromatic rings. The van der Waals surface area contributed by atoms with Crippen LogP contribution in [0.25, 0.3) is 0 Å². The van der Waals surface area contributed by atoms with Crippen molar-refractivity contribution in [2.45, 2.75) is 187 Å². The quantitative estimate of drug-likeness (QED) is 0.0252. The Balaban J connectivity index is 4.20. The van der Waals surface area contributed by atoms with Gasteiger partial charge in [-0.2, -0.15) is 0 Å². The first-order valence-corrected chi connectivity index (χ1v) is 20.7. The van der Waals surface area contributed by atoms with E-state index < -0.39 is 33.2 Å². The molecule has 0 saturated heterocycles. The largest absolute Gasteiger partial charge is 0.472 e. The van der Waals surface area contributed by atoms with E-state index >= 15 is 0 Å². The summed E-state index contributed by atoms with van der Waals surface area (Å²) < 4.78 is 33.2. The smallest absolute Gasteiger partial charge is 0.457 e. The van der Waals surface area contributed by atoms with Crippen molar-refractivity contribution in [1.82, 2.24) is 0 Å². The van der Waals surface area contributed by atoms with Crippen LogP contribution in [0, 0.1) is 0 Å². The van der Waals surface area contributed by atoms with Crippen LogP contribution in [0.2, 0.25) is 0 Å². The predicted molar refractivity (Wildman–Crippen MR) is 191 cm³/mol. The molecule has 0 aliphatic carbocycles. The molecule has 0 rings (SSSR count). The third-order valence-electron chi connectivity index (χ3n) is 8.18. The van der Waals surface area contributed by atoms with E-state index in [1.807, 2.05) is 0 Å². The lowest BCUT2D eigenvalue weighted by Gasteiger charge is -2.20. The zero-order valence-corrected chi connectivity index (χ0v) is 31.2. The molecule has 0 bridgehead atoms. The third kappa shape index (κ3) is 34.8. The van der Waals surface area contributed by atoms with E-state index in [1.165, 1.54) is 103 Å². The summed E-state index contributed by atoms with van der Waals surface area (Å²) in [6.45, 7) is 3.46. The zero-order chi connectivity index (χ0) is 34.7. The number of aliphatic hydroxyl groups excluding tert-OH is 2. The molecule has 10 heteroatoms. The maximum Gasteiger partial charge on any atom is 0.472 e. The van der Waals surface area contributed by atoms with Gasteiger partial charge in [0.2, 0.25) is 0 Å². The van der Waals surface area contributed by atoms with E-state index in [2.05, 4.69) is 26.0 Å². The van der Waals surface area contributed by atoms with Crippen molar-refractivity contribution in [1.29, 1.82) is 0 Å². The van der Waals surface area contributed by atoms with Crippen LogP contribution in [0.3, 0.4) is 0 Å². The topological polar surface area (TPSA) is 132 Å². The standard InChI is InChI=1S/C37H73O9P/c1-3-5-7-9-11-13-15-16-17-18-19-21-23-25-27-29-37(40)46-36(34-45-47(41,42)44-32-35(39)31-38)33-43-30-28-26-24-22-20-14-12-10-8-6-4-2/h8,10,35-36,38-39H,3-7,9,11-34H2,1-2H3,(H,41,42)/b10-8-. The molecule has 0 aliphatic heterocycles. The van der Waals surface area contributed by atoms with Gasteiger partial charge in [0.1, 0.15) is 12.2 Å². The van der Waals surface area contributed by atoms with Crippen LogP contribution in [0.15, 0.2) is 12.2 Å². The second-order valence-electron chi connectivity index (χ2n) is 13.0. The van der Waals surface area contributed by atoms with Crippen molar-refractivity contribution in [2.75, 3.05) is 33.0 Å². The average molecular weight is 693 g/mol. The van der Waals surface area contributed by atoms with E-state index in [0.717, 1.165) is 51.4 Å². The number of phosphoric ester groups is 1. The molecule has 0 fully saturated rings. The van der Waals surface area contributed by atoms with Gasteiger partial charge >= 0.3 is 13.8 Å². The van der Waals surface area contributed by atoms with Crippen molar-refractivity contribution >= 4 is 13.8 Å². The zero-order valence-electron chi connectivity index (χ0n) is 30.3. The number of allylic oxidation sites excluding steroid dienone is 2. The summed E-state index contributed by atoms with van der Waals surface area (Å²) in [5.41, 5.74) is 0. The fraction of sp³-hybridized carbons (Fsp3) is 0.919. The van der Waals surface area contributed by atoms with Crippen LogP contribution in [-0.2, 0) is 27.9 Å². The summed E-state index contributed by atoms with van der Waals surface area (Å²) in [7, 11) is -4.50. The van der Waals surface area contributed by atoms with Gasteiger partial charge in [-0.1, -0.05) is 148 Å². The first-order valence-electron chi connectivity index (χ1n) is 19.2. The number of phosphoric acid groups is 1. The van der Waals surface area contributed by atoms with E-state index in [0.29, 0.717) is 6.61 Å². The predicted octanol–water partition coefficient (Wildman–Crippen LogP) is 9.75. The van der Waals surface area contributed by atoms with E-state index in [-0.39, 0.29) is 25.6 Å². The molecule has 0 saturated carbocycles. The fourth-order valence-corrected chi connectivity index (χ4v) is 6.03. The van der Waals surface area contributed by atoms with Gasteiger partial charge in [0.15, 0.2) is 0 Å². The van der Waals surface area contributed by atoms with Gasteiger partial charge in [0.25, 0.3) is 0 Å². The van der Waals surface area contributed by atoms with Crippen LogP contribution in [0.1, 0.15) is 174 Å². The molecule has 3 unspecified atom stereocenters. The van der Waals surface area contributed by atoms with Crippen molar-refractivity contribution in [3.05, 3.63) is 12.2 Å². The minimum absolute atomic E-state index is 0.0496. The molecular weight excluding hydrogens is 619 g/mol. The Kier molecular flexibility index (Phi) is 34.4. The molecule has 3 atom stereocenters. The van der Waals surface area contributed by atoms with Gasteiger partial charge in [-0.05, 0) is 32.1 Å². The molecule has 0 radical (unpaired) electrons. The van der Waals surface area contributed by atoms with Crippen LogP contribution >= 0.6 is 7.82 Å². The van der Waals surface area contributed by atoms with E-state index in [9.17, 15) is 19.4 Å². The van der Waals surface area contributed by atoms with Crippen LogP contribution in [-0.4, -0.2) is 66.3 Å². The van der Waals surface area contributed by atoms with E-state index in [1.54, 1.807) is 0 Å². The van der Waals surface area contributed by atoms with Crippen molar-refractivity contribution in [3.8, 4) is 0 Å². The number of ether oxygens (including phenoxy) is 2. The highest BCUT2D eigenvalue weighted by Crippen LogP contribution is 2.43. The highest BCUT2D eigenvalue weighted by Gasteiger charge is 2.26. The Bertz CT molecular complexity index is 749. The Morgan fingerprint density at radius 2 is 1.13 bits per heavy atom. The maximum absolute atomic E-state index is 12.5. The van der Waals surface area contributed by atoms with Gasteiger partial charge < -0.3 is 24.6 Å². The molecule has 0 amide bonds. The first kappa shape index (κ1) is 46.2. The molecule has 0 aromatic heterocycles. The van der Waals surface area contributed by atoms with Crippen molar-refractivity contribution in [3.63, 3.8) is 0 Å². The summed E-state index contributed by atoms with van der Waals surface area (Å²) in [5, 5.41) is 18.3. The second kappa shape index (κ2) is 35.0. The summed E-state index contributed by atoms with van der Waals surface area (Å²) in [5.74, 6) is -0.383. The number of carbonyl (C=O) groups excluding carboxylic acids is 1. The van der Waals surface area contributed by atoms with Crippen LogP contribution in [0.5, 0.6) is 0 Å². The number of aliphatic hydroxyl groups is 2. The average Bonchev–Trinajstić information content (AvgIpc) is 3.06.